The summed E-state index contributed by atoms with van der Waals surface area (Å²) in [7, 11) is -10.3. The minimum Gasteiger partial charge on any atom is -0.383 e. The fourth-order valence-corrected chi connectivity index (χ4v) is 8.89. The molecule has 1 atom stereocenters. The summed E-state index contributed by atoms with van der Waals surface area (Å²) < 4.78 is 78.6. The zero-order valence-corrected chi connectivity index (χ0v) is 26.3. The lowest BCUT2D eigenvalue weighted by atomic mass is 9.78. The van der Waals surface area contributed by atoms with Crippen molar-refractivity contribution in [1.29, 1.82) is 0 Å². The molecule has 2 fully saturated rings. The fourth-order valence-electron chi connectivity index (χ4n) is 6.12. The van der Waals surface area contributed by atoms with Crippen molar-refractivity contribution in [1.82, 2.24) is 9.21 Å². The molecule has 0 spiro atoms. The molecule has 228 valence electrons. The van der Waals surface area contributed by atoms with E-state index >= 15 is 0 Å². The summed E-state index contributed by atoms with van der Waals surface area (Å²) in [5, 5.41) is 0. The van der Waals surface area contributed by atoms with Crippen molar-refractivity contribution in [3.63, 3.8) is 0 Å². The van der Waals surface area contributed by atoms with E-state index < -0.39 is 30.0 Å². The van der Waals surface area contributed by atoms with Gasteiger partial charge in [-0.2, -0.15) is 8.42 Å². The summed E-state index contributed by atoms with van der Waals surface area (Å²) in [5.41, 5.74) is 1.32. The molecule has 0 aromatic heterocycles. The Hall–Kier alpha value is -1.99. The third kappa shape index (κ3) is 9.51. The van der Waals surface area contributed by atoms with Crippen LogP contribution in [0.15, 0.2) is 59.5 Å². The van der Waals surface area contributed by atoms with Crippen LogP contribution in [0.25, 0.3) is 0 Å². The van der Waals surface area contributed by atoms with Gasteiger partial charge in [-0.1, -0.05) is 30.3 Å². The van der Waals surface area contributed by atoms with Crippen molar-refractivity contribution < 1.29 is 29.4 Å². The van der Waals surface area contributed by atoms with Crippen molar-refractivity contribution in [2.45, 2.75) is 49.3 Å². The van der Waals surface area contributed by atoms with Crippen LogP contribution in [-0.4, -0.2) is 85.4 Å². The summed E-state index contributed by atoms with van der Waals surface area (Å²) in [6.45, 7) is 4.02. The van der Waals surface area contributed by atoms with Crippen LogP contribution in [0.3, 0.4) is 0 Å². The normalized spacial score (nSPS) is 19.7. The summed E-state index contributed by atoms with van der Waals surface area (Å²) in [6.07, 6.45) is 7.51. The molecule has 1 unspecified atom stereocenters. The predicted octanol–water partition coefficient (Wildman–Crippen LogP) is 3.75. The molecular formula is C29H42N2O7S3. The van der Waals surface area contributed by atoms with Crippen LogP contribution in [0.1, 0.15) is 50.0 Å². The molecule has 0 aliphatic carbocycles. The minimum atomic E-state index is -3.67. The first-order valence-electron chi connectivity index (χ1n) is 14.2. The average molecular weight is 627 g/mol. The molecule has 0 saturated carbocycles. The number of hydrogen-bond acceptors (Lipinski definition) is 8. The Morgan fingerprint density at radius 1 is 0.805 bits per heavy atom. The van der Waals surface area contributed by atoms with Crippen LogP contribution < -0.4 is 4.18 Å². The molecule has 2 aliphatic heterocycles. The summed E-state index contributed by atoms with van der Waals surface area (Å²) in [5.74, 6) is 1.33. The first-order chi connectivity index (χ1) is 19.3. The monoisotopic (exact) mass is 626 g/mol. The Labute approximate surface area is 246 Å². The van der Waals surface area contributed by atoms with Gasteiger partial charge in [0.05, 0.1) is 23.2 Å². The predicted molar refractivity (Wildman–Crippen MR) is 161 cm³/mol. The topological polar surface area (TPSA) is 118 Å². The van der Waals surface area contributed by atoms with E-state index in [1.807, 2.05) is 6.07 Å². The average Bonchev–Trinajstić information content (AvgIpc) is 2.92. The second-order valence-electron chi connectivity index (χ2n) is 11.5. The molecular weight excluding hydrogens is 585 g/mol. The summed E-state index contributed by atoms with van der Waals surface area (Å²) >= 11 is 0. The van der Waals surface area contributed by atoms with Crippen molar-refractivity contribution in [3.05, 3.63) is 60.2 Å². The molecule has 2 saturated heterocycles. The van der Waals surface area contributed by atoms with E-state index in [4.69, 9.17) is 4.18 Å². The van der Waals surface area contributed by atoms with E-state index in [-0.39, 0.29) is 16.4 Å². The Morgan fingerprint density at radius 2 is 1.41 bits per heavy atom. The molecule has 0 N–H and O–H groups in total. The first-order valence-corrected chi connectivity index (χ1v) is 19.6. The van der Waals surface area contributed by atoms with E-state index in [9.17, 15) is 25.3 Å². The van der Waals surface area contributed by atoms with Crippen LogP contribution in [0, 0.1) is 11.8 Å². The number of benzene rings is 2. The Kier molecular flexibility index (Phi) is 10.5. The number of sulfone groups is 1. The standard InChI is InChI=1S/C29H42N2O7S3/c1-39(32,33)31-21-14-26(15-22-31)29(25-6-4-3-5-7-25)16-20-30-18-12-24(13-19-30)17-23-41(36,37)28-10-8-27(9-11-28)38-40(2,34)35/h3-11,24,26,29H,12-23H2,1-2H3. The van der Waals surface area contributed by atoms with Crippen molar-refractivity contribution in [3.8, 4) is 5.75 Å². The Bertz CT molecular complexity index is 1450. The molecule has 2 aromatic carbocycles. The third-order valence-corrected chi connectivity index (χ3v) is 12.0. The van der Waals surface area contributed by atoms with Crippen molar-refractivity contribution >= 4 is 30.0 Å². The highest BCUT2D eigenvalue weighted by Crippen LogP contribution is 2.36. The Morgan fingerprint density at radius 3 is 1.98 bits per heavy atom. The summed E-state index contributed by atoms with van der Waals surface area (Å²) in [6, 6.07) is 16.1. The van der Waals surface area contributed by atoms with Gasteiger partial charge >= 0.3 is 10.1 Å². The highest BCUT2D eigenvalue weighted by atomic mass is 32.2. The molecule has 12 heteroatoms. The SMILES string of the molecule is CS(=O)(=O)Oc1ccc(S(=O)(=O)CCC2CCN(CCC(c3ccccc3)C3CCN(S(C)(=O)=O)CC3)CC2)cc1. The van der Waals surface area contributed by atoms with Gasteiger partial charge in [0.15, 0.2) is 9.84 Å². The summed E-state index contributed by atoms with van der Waals surface area (Å²) in [4.78, 5) is 2.65. The molecule has 2 heterocycles. The van der Waals surface area contributed by atoms with Gasteiger partial charge in [-0.05, 0) is 106 Å². The molecule has 4 rings (SSSR count). The van der Waals surface area contributed by atoms with E-state index in [0.29, 0.717) is 37.3 Å². The van der Waals surface area contributed by atoms with E-state index in [1.54, 1.807) is 4.31 Å². The number of sulfonamides is 1. The third-order valence-electron chi connectivity index (χ3n) is 8.45. The minimum absolute atomic E-state index is 0.0617. The van der Waals surface area contributed by atoms with Gasteiger partial charge < -0.3 is 9.08 Å². The van der Waals surface area contributed by atoms with Gasteiger partial charge in [0.25, 0.3) is 0 Å². The van der Waals surface area contributed by atoms with Crippen LogP contribution in [-0.2, 0) is 30.0 Å². The maximum absolute atomic E-state index is 12.9. The number of likely N-dealkylation sites (tertiary alicyclic amines) is 1. The maximum Gasteiger partial charge on any atom is 0.306 e. The van der Waals surface area contributed by atoms with Gasteiger partial charge in [-0.25, -0.2) is 21.1 Å². The molecule has 0 amide bonds. The quantitative estimate of drug-likeness (QED) is 0.327. The van der Waals surface area contributed by atoms with E-state index in [0.717, 1.165) is 58.0 Å². The number of rotatable bonds is 12. The maximum atomic E-state index is 12.9. The highest BCUT2D eigenvalue weighted by Gasteiger charge is 2.31. The Balaban J connectivity index is 1.26. The highest BCUT2D eigenvalue weighted by molar-refractivity contribution is 7.91. The van der Waals surface area contributed by atoms with Gasteiger partial charge in [-0.3, -0.25) is 0 Å². The molecule has 2 aromatic rings. The van der Waals surface area contributed by atoms with E-state index in [2.05, 4.69) is 29.2 Å². The van der Waals surface area contributed by atoms with Gasteiger partial charge in [0, 0.05) is 13.1 Å². The second kappa shape index (κ2) is 13.5. The van der Waals surface area contributed by atoms with E-state index in [1.165, 1.54) is 36.1 Å². The molecule has 2 aliphatic rings. The van der Waals surface area contributed by atoms with Crippen LogP contribution >= 0.6 is 0 Å². The van der Waals surface area contributed by atoms with Crippen molar-refractivity contribution in [2.24, 2.45) is 11.8 Å². The molecule has 9 nitrogen and oxygen atoms in total. The smallest absolute Gasteiger partial charge is 0.306 e. The molecule has 0 radical (unpaired) electrons. The molecule has 0 bridgehead atoms. The zero-order valence-electron chi connectivity index (χ0n) is 23.9. The number of nitrogens with zero attached hydrogens (tertiary/aromatic N) is 2. The lowest BCUT2D eigenvalue weighted by Gasteiger charge is -2.37. The van der Waals surface area contributed by atoms with Crippen LogP contribution in [0.4, 0.5) is 0 Å². The second-order valence-corrected chi connectivity index (χ2v) is 17.1. The van der Waals surface area contributed by atoms with Crippen molar-refractivity contribution in [2.75, 3.05) is 51.0 Å². The van der Waals surface area contributed by atoms with Gasteiger partial charge in [-0.15, -0.1) is 0 Å². The van der Waals surface area contributed by atoms with Crippen LogP contribution in [0.2, 0.25) is 0 Å². The van der Waals surface area contributed by atoms with Crippen LogP contribution in [0.5, 0.6) is 5.75 Å². The lowest BCUT2D eigenvalue weighted by Crippen LogP contribution is -2.40. The fraction of sp³-hybridized carbons (Fsp3) is 0.586. The number of hydrogen-bond donors (Lipinski definition) is 0. The zero-order chi connectivity index (χ0) is 29.7. The largest absolute Gasteiger partial charge is 0.383 e. The first kappa shape index (κ1) is 31.9. The van der Waals surface area contributed by atoms with Gasteiger partial charge in [0.2, 0.25) is 10.0 Å². The number of piperidine rings is 2. The molecule has 41 heavy (non-hydrogen) atoms. The lowest BCUT2D eigenvalue weighted by molar-refractivity contribution is 0.164. The van der Waals surface area contributed by atoms with Gasteiger partial charge in [0.1, 0.15) is 5.75 Å².